The third kappa shape index (κ3) is 10.1. The number of pyridine rings is 1. The van der Waals surface area contributed by atoms with E-state index in [1.54, 1.807) is 30.6 Å². The number of benzene rings is 2. The predicted molar refractivity (Wildman–Crippen MR) is 167 cm³/mol. The fraction of sp³-hybridized carbons (Fsp3) is 0.333. The van der Waals surface area contributed by atoms with Gasteiger partial charge in [0.1, 0.15) is 23.9 Å². The van der Waals surface area contributed by atoms with E-state index in [1.165, 1.54) is 6.07 Å². The van der Waals surface area contributed by atoms with Crippen molar-refractivity contribution < 1.29 is 33.8 Å². The molecule has 3 aromatic rings. The van der Waals surface area contributed by atoms with Crippen molar-refractivity contribution >= 4 is 29.5 Å². The van der Waals surface area contributed by atoms with Crippen LogP contribution in [0.3, 0.4) is 0 Å². The van der Waals surface area contributed by atoms with Crippen LogP contribution in [-0.4, -0.2) is 84.1 Å². The Morgan fingerprint density at radius 2 is 1.61 bits per heavy atom. The first-order chi connectivity index (χ1) is 22.3. The topological polar surface area (TPSA) is 188 Å². The summed E-state index contributed by atoms with van der Waals surface area (Å²) in [5.41, 5.74) is 1.88. The summed E-state index contributed by atoms with van der Waals surface area (Å²) in [6.07, 6.45) is 3.79. The summed E-state index contributed by atoms with van der Waals surface area (Å²) in [5.74, 6) is -3.01. The molecule has 0 spiro atoms. The summed E-state index contributed by atoms with van der Waals surface area (Å²) < 4.78 is 5.84. The van der Waals surface area contributed by atoms with Gasteiger partial charge in [0.15, 0.2) is 0 Å². The number of nitrogens with one attached hydrogen (secondary N) is 5. The quantitative estimate of drug-likeness (QED) is 0.211. The van der Waals surface area contributed by atoms with Crippen LogP contribution >= 0.6 is 0 Å². The number of ether oxygens (including phenoxy) is 1. The minimum atomic E-state index is -1.42. The lowest BCUT2D eigenvalue weighted by molar-refractivity contribution is -0.133. The number of aromatic nitrogens is 1. The Kier molecular flexibility index (Phi) is 12.6. The Hall–Kier alpha value is -5.30. The SMILES string of the molecule is O=C1C[C@@H](C(=O)NCCc2ccncc2)NC(=O)c2ccccc2OCCCNC(=O)[C@H](Cc2ccccc2)NC(=O)[C@H](CO)N1. The zero-order chi connectivity index (χ0) is 32.7. The van der Waals surface area contributed by atoms with E-state index >= 15 is 0 Å². The molecule has 1 aromatic heterocycles. The van der Waals surface area contributed by atoms with Crippen LogP contribution in [0, 0.1) is 0 Å². The Morgan fingerprint density at radius 1 is 0.870 bits per heavy atom. The lowest BCUT2D eigenvalue weighted by atomic mass is 10.0. The zero-order valence-electron chi connectivity index (χ0n) is 25.2. The van der Waals surface area contributed by atoms with Crippen LogP contribution in [0.5, 0.6) is 5.75 Å². The lowest BCUT2D eigenvalue weighted by Crippen LogP contribution is -2.56. The van der Waals surface area contributed by atoms with Gasteiger partial charge in [-0.1, -0.05) is 42.5 Å². The number of aliphatic hydroxyl groups is 1. The Labute approximate surface area is 266 Å². The second-order valence-electron chi connectivity index (χ2n) is 10.7. The molecule has 2 heterocycles. The minimum Gasteiger partial charge on any atom is -0.493 e. The van der Waals surface area contributed by atoms with Crippen molar-refractivity contribution in [2.24, 2.45) is 0 Å². The fourth-order valence-corrected chi connectivity index (χ4v) is 4.78. The van der Waals surface area contributed by atoms with Crippen LogP contribution in [0.1, 0.15) is 34.3 Å². The van der Waals surface area contributed by atoms with Gasteiger partial charge in [0, 0.05) is 31.9 Å². The van der Waals surface area contributed by atoms with Crippen molar-refractivity contribution in [3.8, 4) is 5.75 Å². The molecule has 0 bridgehead atoms. The molecule has 3 atom stereocenters. The summed E-state index contributed by atoms with van der Waals surface area (Å²) >= 11 is 0. The molecule has 6 N–H and O–H groups in total. The molecule has 0 unspecified atom stereocenters. The maximum Gasteiger partial charge on any atom is 0.255 e. The predicted octanol–water partition coefficient (Wildman–Crippen LogP) is 0.0323. The van der Waals surface area contributed by atoms with E-state index in [-0.39, 0.29) is 37.4 Å². The maximum atomic E-state index is 13.3. The first kappa shape index (κ1) is 33.6. The van der Waals surface area contributed by atoms with Crippen molar-refractivity contribution in [2.45, 2.75) is 43.8 Å². The van der Waals surface area contributed by atoms with Crippen LogP contribution < -0.4 is 31.3 Å². The summed E-state index contributed by atoms with van der Waals surface area (Å²) in [6, 6.07) is 15.4. The first-order valence-electron chi connectivity index (χ1n) is 15.1. The van der Waals surface area contributed by atoms with E-state index in [1.807, 2.05) is 42.5 Å². The molecule has 5 amide bonds. The smallest absolute Gasteiger partial charge is 0.255 e. The third-order valence-corrected chi connectivity index (χ3v) is 7.23. The number of carbonyl (C=O) groups excluding carboxylic acids is 5. The molecule has 0 fully saturated rings. The second-order valence-corrected chi connectivity index (χ2v) is 10.7. The van der Waals surface area contributed by atoms with Gasteiger partial charge in [-0.15, -0.1) is 0 Å². The van der Waals surface area contributed by atoms with Crippen LogP contribution in [-0.2, 0) is 32.0 Å². The van der Waals surface area contributed by atoms with E-state index in [4.69, 9.17) is 4.74 Å². The first-order valence-corrected chi connectivity index (χ1v) is 15.1. The lowest BCUT2D eigenvalue weighted by Gasteiger charge is -2.24. The van der Waals surface area contributed by atoms with E-state index in [9.17, 15) is 29.1 Å². The highest BCUT2D eigenvalue weighted by atomic mass is 16.5. The fourth-order valence-electron chi connectivity index (χ4n) is 4.78. The van der Waals surface area contributed by atoms with Gasteiger partial charge in [-0.05, 0) is 48.2 Å². The van der Waals surface area contributed by atoms with E-state index in [0.717, 1.165) is 11.1 Å². The van der Waals surface area contributed by atoms with Gasteiger partial charge in [-0.2, -0.15) is 0 Å². The highest BCUT2D eigenvalue weighted by molar-refractivity contribution is 6.01. The molecule has 0 saturated heterocycles. The van der Waals surface area contributed by atoms with Crippen molar-refractivity contribution in [3.63, 3.8) is 0 Å². The summed E-state index contributed by atoms with van der Waals surface area (Å²) in [5, 5.41) is 23.2. The van der Waals surface area contributed by atoms with Gasteiger partial charge < -0.3 is 36.4 Å². The van der Waals surface area contributed by atoms with Gasteiger partial charge in [-0.3, -0.25) is 29.0 Å². The van der Waals surface area contributed by atoms with Crippen LogP contribution in [0.2, 0.25) is 0 Å². The molecule has 13 nitrogen and oxygen atoms in total. The zero-order valence-corrected chi connectivity index (χ0v) is 25.2. The number of carbonyl (C=O) groups is 5. The van der Waals surface area contributed by atoms with Crippen molar-refractivity contribution in [3.05, 3.63) is 95.8 Å². The number of nitrogens with zero attached hydrogens (tertiary/aromatic N) is 1. The number of rotatable bonds is 7. The van der Waals surface area contributed by atoms with Gasteiger partial charge in [0.05, 0.1) is 25.2 Å². The number of hydrogen-bond acceptors (Lipinski definition) is 8. The number of aliphatic hydroxyl groups excluding tert-OH is 1. The van der Waals surface area contributed by atoms with Gasteiger partial charge in [0.2, 0.25) is 23.6 Å². The molecule has 242 valence electrons. The molecule has 1 aliphatic heterocycles. The normalized spacial score (nSPS) is 19.9. The molecular formula is C33H38N6O7. The molecule has 13 heteroatoms. The van der Waals surface area contributed by atoms with Crippen LogP contribution in [0.25, 0.3) is 0 Å². The molecule has 4 rings (SSSR count). The highest BCUT2D eigenvalue weighted by Crippen LogP contribution is 2.18. The number of hydrogen-bond donors (Lipinski definition) is 6. The Balaban J connectivity index is 1.54. The summed E-state index contributed by atoms with van der Waals surface area (Å²) in [7, 11) is 0. The molecule has 1 aliphatic rings. The average Bonchev–Trinajstić information content (AvgIpc) is 3.07. The molecule has 0 aliphatic carbocycles. The average molecular weight is 631 g/mol. The number of para-hydroxylation sites is 1. The van der Waals surface area contributed by atoms with Crippen molar-refractivity contribution in [2.75, 3.05) is 26.3 Å². The van der Waals surface area contributed by atoms with E-state index < -0.39 is 60.7 Å². The van der Waals surface area contributed by atoms with Crippen LogP contribution in [0.4, 0.5) is 0 Å². The van der Waals surface area contributed by atoms with E-state index in [0.29, 0.717) is 12.8 Å². The number of fused-ring (bicyclic) bond motifs is 1. The van der Waals surface area contributed by atoms with Crippen LogP contribution in [0.15, 0.2) is 79.1 Å². The largest absolute Gasteiger partial charge is 0.493 e. The third-order valence-electron chi connectivity index (χ3n) is 7.23. The molecule has 0 radical (unpaired) electrons. The standard InChI is InChI=1S/C33H38N6O7/c40-21-27-33(45)39-25(19-23-7-2-1-3-8-23)31(43)35-14-6-18-46-28-10-5-4-9-24(28)30(42)38-26(20-29(41)37-27)32(44)36-17-13-22-11-15-34-16-12-22/h1-5,7-12,15-16,25-27,40H,6,13-14,17-21H2,(H,35,43)(H,36,44)(H,37,41)(H,38,42)(H,39,45)/t25-,26-,27-/m0/s1. The van der Waals surface area contributed by atoms with Gasteiger partial charge in [0.25, 0.3) is 5.91 Å². The summed E-state index contributed by atoms with van der Waals surface area (Å²) in [4.78, 5) is 70.0. The molecular weight excluding hydrogens is 592 g/mol. The maximum absolute atomic E-state index is 13.3. The number of amides is 5. The van der Waals surface area contributed by atoms with Gasteiger partial charge in [-0.25, -0.2) is 0 Å². The molecule has 2 aromatic carbocycles. The van der Waals surface area contributed by atoms with Gasteiger partial charge >= 0.3 is 0 Å². The monoisotopic (exact) mass is 630 g/mol. The van der Waals surface area contributed by atoms with E-state index in [2.05, 4.69) is 31.6 Å². The van der Waals surface area contributed by atoms with Crippen molar-refractivity contribution in [1.29, 1.82) is 0 Å². The molecule has 46 heavy (non-hydrogen) atoms. The van der Waals surface area contributed by atoms with Crippen molar-refractivity contribution in [1.82, 2.24) is 31.6 Å². The summed E-state index contributed by atoms with van der Waals surface area (Å²) in [6.45, 7) is -0.162. The molecule has 0 saturated carbocycles. The minimum absolute atomic E-state index is 0.151. The Morgan fingerprint density at radius 3 is 2.37 bits per heavy atom. The Bertz CT molecular complexity index is 1490. The highest BCUT2D eigenvalue weighted by Gasteiger charge is 2.30. The second kappa shape index (κ2) is 17.3.